The Hall–Kier alpha value is -0.940. The van der Waals surface area contributed by atoms with Gasteiger partial charge in [-0.3, -0.25) is 4.79 Å². The molecule has 0 radical (unpaired) electrons. The molecule has 1 atom stereocenters. The van der Waals surface area contributed by atoms with Crippen molar-refractivity contribution < 1.29 is 9.90 Å². The molecule has 0 aliphatic rings. The zero-order valence-electron chi connectivity index (χ0n) is 7.52. The normalized spacial score (nSPS) is 14.1. The van der Waals surface area contributed by atoms with Crippen molar-refractivity contribution in [3.63, 3.8) is 0 Å². The number of rotatable bonds is 3. The third kappa shape index (κ3) is 1.87. The molecule has 0 saturated heterocycles. The number of nitrogens with two attached hydrogens (primary N) is 1. The van der Waals surface area contributed by atoms with E-state index < -0.39 is 17.4 Å². The Morgan fingerprint density at radius 3 is 2.77 bits per heavy atom. The highest BCUT2D eigenvalue weighted by Crippen LogP contribution is 2.32. The average molecular weight is 200 g/mol. The molecule has 5 heteroatoms. The zero-order valence-corrected chi connectivity index (χ0v) is 8.34. The van der Waals surface area contributed by atoms with Crippen LogP contribution in [0.5, 0.6) is 0 Å². The van der Waals surface area contributed by atoms with E-state index in [-0.39, 0.29) is 0 Å². The third-order valence-corrected chi connectivity index (χ3v) is 2.90. The molecule has 0 bridgehead atoms. The van der Waals surface area contributed by atoms with E-state index in [1.165, 1.54) is 11.3 Å². The van der Waals surface area contributed by atoms with Crippen LogP contribution in [0.3, 0.4) is 0 Å². The number of hydrogen-bond donors (Lipinski definition) is 2. The molecule has 4 nitrogen and oxygen atoms in total. The molecule has 0 fully saturated rings. The Morgan fingerprint density at radius 1 is 1.77 bits per heavy atom. The molecule has 1 unspecified atom stereocenters. The summed E-state index contributed by atoms with van der Waals surface area (Å²) < 4.78 is 0. The van der Waals surface area contributed by atoms with Crippen LogP contribution in [0.25, 0.3) is 0 Å². The van der Waals surface area contributed by atoms with E-state index in [4.69, 9.17) is 10.8 Å². The molecule has 1 rings (SSSR count). The minimum absolute atomic E-state index is 0.551. The van der Waals surface area contributed by atoms with E-state index in [9.17, 15) is 4.79 Å². The summed E-state index contributed by atoms with van der Waals surface area (Å²) in [6.45, 7) is 3.20. The first-order chi connectivity index (χ1) is 5.96. The predicted octanol–water partition coefficient (Wildman–Crippen LogP) is 1.25. The van der Waals surface area contributed by atoms with Crippen molar-refractivity contribution in [3.8, 4) is 0 Å². The fourth-order valence-electron chi connectivity index (χ4n) is 0.830. The summed E-state index contributed by atoms with van der Waals surface area (Å²) in [7, 11) is 0. The maximum Gasteiger partial charge on any atom is 0.311 e. The number of carboxylic acids is 1. The van der Waals surface area contributed by atoms with Crippen molar-refractivity contribution in [3.05, 3.63) is 16.6 Å². The maximum absolute atomic E-state index is 10.9. The van der Waals surface area contributed by atoms with Gasteiger partial charge < -0.3 is 10.8 Å². The average Bonchev–Trinajstić information content (AvgIpc) is 2.54. The molecular weight excluding hydrogens is 188 g/mol. The standard InChI is InChI=1S/C8H12N2O2S/c1-8(2,7(11)12)5(9)6-10-3-4-13-6/h3-5H,9H2,1-2H3,(H,11,12). The van der Waals surface area contributed by atoms with Gasteiger partial charge in [0.05, 0.1) is 11.5 Å². The van der Waals surface area contributed by atoms with Crippen LogP contribution in [-0.2, 0) is 4.79 Å². The number of nitrogens with zero attached hydrogens (tertiary/aromatic N) is 1. The summed E-state index contributed by atoms with van der Waals surface area (Å²) in [6.07, 6.45) is 1.62. The second kappa shape index (κ2) is 3.43. The third-order valence-electron chi connectivity index (χ3n) is 2.05. The van der Waals surface area contributed by atoms with Crippen molar-refractivity contribution in [1.29, 1.82) is 0 Å². The van der Waals surface area contributed by atoms with E-state index in [0.717, 1.165) is 0 Å². The molecule has 0 spiro atoms. The molecule has 0 amide bonds. The monoisotopic (exact) mass is 200 g/mol. The molecule has 1 heterocycles. The maximum atomic E-state index is 10.9. The first kappa shape index (κ1) is 10.1. The van der Waals surface area contributed by atoms with E-state index in [0.29, 0.717) is 5.01 Å². The van der Waals surface area contributed by atoms with Gasteiger partial charge in [0.25, 0.3) is 0 Å². The van der Waals surface area contributed by atoms with E-state index >= 15 is 0 Å². The Bertz CT molecular complexity index is 295. The van der Waals surface area contributed by atoms with Gasteiger partial charge in [-0.05, 0) is 13.8 Å². The van der Waals surface area contributed by atoms with Crippen LogP contribution in [0.15, 0.2) is 11.6 Å². The first-order valence-electron chi connectivity index (χ1n) is 3.84. The fraction of sp³-hybridized carbons (Fsp3) is 0.500. The van der Waals surface area contributed by atoms with Crippen molar-refractivity contribution >= 4 is 17.3 Å². The molecule has 0 aliphatic heterocycles. The Balaban J connectivity index is 2.90. The Morgan fingerprint density at radius 2 is 2.38 bits per heavy atom. The van der Waals surface area contributed by atoms with Crippen LogP contribution in [-0.4, -0.2) is 16.1 Å². The number of carboxylic acid groups (broad SMARTS) is 1. The summed E-state index contributed by atoms with van der Waals surface area (Å²) in [4.78, 5) is 14.8. The van der Waals surface area contributed by atoms with Gasteiger partial charge in [-0.1, -0.05) is 0 Å². The van der Waals surface area contributed by atoms with E-state index in [1.807, 2.05) is 0 Å². The molecule has 1 aromatic rings. The molecule has 0 aromatic carbocycles. The molecule has 72 valence electrons. The van der Waals surface area contributed by atoms with Gasteiger partial charge in [-0.25, -0.2) is 4.98 Å². The fourth-order valence-corrected chi connectivity index (χ4v) is 1.65. The number of aliphatic carboxylic acids is 1. The lowest BCUT2D eigenvalue weighted by Gasteiger charge is -2.24. The lowest BCUT2D eigenvalue weighted by Crippen LogP contribution is -2.36. The summed E-state index contributed by atoms with van der Waals surface area (Å²) in [6, 6.07) is -0.551. The van der Waals surface area contributed by atoms with Crippen molar-refractivity contribution in [2.24, 2.45) is 11.1 Å². The van der Waals surface area contributed by atoms with Crippen LogP contribution in [0, 0.1) is 5.41 Å². The quantitative estimate of drug-likeness (QED) is 0.770. The van der Waals surface area contributed by atoms with E-state index in [2.05, 4.69) is 4.98 Å². The van der Waals surface area contributed by atoms with E-state index in [1.54, 1.807) is 25.4 Å². The van der Waals surface area contributed by atoms with Gasteiger partial charge in [-0.2, -0.15) is 0 Å². The van der Waals surface area contributed by atoms with Gasteiger partial charge >= 0.3 is 5.97 Å². The van der Waals surface area contributed by atoms with Gasteiger partial charge in [0, 0.05) is 11.6 Å². The largest absolute Gasteiger partial charge is 0.481 e. The second-order valence-corrected chi connectivity index (χ2v) is 4.30. The van der Waals surface area contributed by atoms with Crippen LogP contribution in [0.1, 0.15) is 24.9 Å². The summed E-state index contributed by atoms with van der Waals surface area (Å²) in [5.41, 5.74) is 4.81. The molecule has 0 saturated carbocycles. The van der Waals surface area contributed by atoms with Crippen LogP contribution < -0.4 is 5.73 Å². The topological polar surface area (TPSA) is 76.2 Å². The highest BCUT2D eigenvalue weighted by atomic mass is 32.1. The highest BCUT2D eigenvalue weighted by Gasteiger charge is 2.36. The zero-order chi connectivity index (χ0) is 10.1. The number of thiazole rings is 1. The molecular formula is C8H12N2O2S. The molecule has 1 aromatic heterocycles. The van der Waals surface area contributed by atoms with Gasteiger partial charge in [0.15, 0.2) is 0 Å². The van der Waals surface area contributed by atoms with Gasteiger partial charge in [0.1, 0.15) is 5.01 Å². The number of hydrogen-bond acceptors (Lipinski definition) is 4. The van der Waals surface area contributed by atoms with Crippen molar-refractivity contribution in [1.82, 2.24) is 4.98 Å². The molecule has 3 N–H and O–H groups in total. The summed E-state index contributed by atoms with van der Waals surface area (Å²) in [5.74, 6) is -0.907. The Labute approximate surface area is 80.4 Å². The van der Waals surface area contributed by atoms with Crippen LogP contribution in [0.4, 0.5) is 0 Å². The SMILES string of the molecule is CC(C)(C(=O)O)C(N)c1nccs1. The molecule has 0 aliphatic carbocycles. The van der Waals surface area contributed by atoms with Crippen LogP contribution >= 0.6 is 11.3 Å². The van der Waals surface area contributed by atoms with Gasteiger partial charge in [-0.15, -0.1) is 11.3 Å². The number of carbonyl (C=O) groups is 1. The minimum Gasteiger partial charge on any atom is -0.481 e. The first-order valence-corrected chi connectivity index (χ1v) is 4.72. The summed E-state index contributed by atoms with van der Waals surface area (Å²) in [5, 5.41) is 11.4. The van der Waals surface area contributed by atoms with Crippen molar-refractivity contribution in [2.75, 3.05) is 0 Å². The lowest BCUT2D eigenvalue weighted by atomic mass is 9.85. The minimum atomic E-state index is -0.974. The van der Waals surface area contributed by atoms with Crippen LogP contribution in [0.2, 0.25) is 0 Å². The second-order valence-electron chi connectivity index (χ2n) is 3.37. The predicted molar refractivity (Wildman–Crippen MR) is 50.5 cm³/mol. The Kier molecular flexibility index (Phi) is 2.68. The van der Waals surface area contributed by atoms with Crippen molar-refractivity contribution in [2.45, 2.75) is 19.9 Å². The summed E-state index contributed by atoms with van der Waals surface area (Å²) >= 11 is 1.38. The smallest absolute Gasteiger partial charge is 0.311 e. The lowest BCUT2D eigenvalue weighted by molar-refractivity contribution is -0.148. The highest BCUT2D eigenvalue weighted by molar-refractivity contribution is 7.09. The number of aromatic nitrogens is 1. The molecule has 13 heavy (non-hydrogen) atoms. The van der Waals surface area contributed by atoms with Gasteiger partial charge in [0.2, 0.25) is 0 Å².